The zero-order chi connectivity index (χ0) is 14.3. The van der Waals surface area contributed by atoms with Crippen LogP contribution in [0.3, 0.4) is 0 Å². The number of benzene rings is 1. The number of nitrogens with two attached hydrogens (primary N) is 1. The number of hydrogen-bond acceptors (Lipinski definition) is 6. The van der Waals surface area contributed by atoms with Gasteiger partial charge < -0.3 is 10.3 Å². The molecule has 0 radical (unpaired) electrons. The van der Waals surface area contributed by atoms with Crippen LogP contribution in [0.15, 0.2) is 22.7 Å². The Bertz CT molecular complexity index is 757. The summed E-state index contributed by atoms with van der Waals surface area (Å²) in [5.41, 5.74) is 6.09. The van der Waals surface area contributed by atoms with E-state index in [1.165, 1.54) is 18.2 Å². The molecule has 1 aromatic heterocycles. The molecular weight excluding hydrogens is 285 g/mol. The van der Waals surface area contributed by atoms with E-state index in [9.17, 15) is 12.8 Å². The van der Waals surface area contributed by atoms with Crippen molar-refractivity contribution in [2.45, 2.75) is 12.3 Å². The number of sulfone groups is 1. The van der Waals surface area contributed by atoms with Gasteiger partial charge in [-0.05, 0) is 24.6 Å². The molecule has 0 spiro atoms. The third kappa shape index (κ3) is 2.38. The van der Waals surface area contributed by atoms with E-state index in [0.29, 0.717) is 17.9 Å². The van der Waals surface area contributed by atoms with Crippen LogP contribution in [0.25, 0.3) is 11.5 Å². The molecule has 1 atom stereocenters. The van der Waals surface area contributed by atoms with Crippen molar-refractivity contribution in [3.05, 3.63) is 29.8 Å². The predicted molar refractivity (Wildman–Crippen MR) is 70.1 cm³/mol. The summed E-state index contributed by atoms with van der Waals surface area (Å²) in [6.45, 7) is 0. The number of nitrogens with zero attached hydrogens (tertiary/aromatic N) is 2. The highest BCUT2D eigenvalue weighted by Crippen LogP contribution is 2.29. The van der Waals surface area contributed by atoms with Crippen LogP contribution in [0.5, 0.6) is 0 Å². The fourth-order valence-electron chi connectivity index (χ4n) is 2.22. The third-order valence-electron chi connectivity index (χ3n) is 3.26. The third-order valence-corrected chi connectivity index (χ3v) is 5.03. The van der Waals surface area contributed by atoms with E-state index in [-0.39, 0.29) is 28.9 Å². The number of halogens is 1. The van der Waals surface area contributed by atoms with Crippen LogP contribution in [0.4, 0.5) is 10.1 Å². The van der Waals surface area contributed by atoms with Gasteiger partial charge in [0.1, 0.15) is 5.82 Å². The number of rotatable bonds is 2. The van der Waals surface area contributed by atoms with E-state index in [4.69, 9.17) is 10.3 Å². The monoisotopic (exact) mass is 297 g/mol. The van der Waals surface area contributed by atoms with Crippen LogP contribution < -0.4 is 5.73 Å². The number of hydrogen-bond donors (Lipinski definition) is 1. The highest BCUT2D eigenvalue weighted by molar-refractivity contribution is 7.91. The van der Waals surface area contributed by atoms with Gasteiger partial charge in [0, 0.05) is 11.6 Å². The molecule has 8 heteroatoms. The Morgan fingerprint density at radius 2 is 2.20 bits per heavy atom. The highest BCUT2D eigenvalue weighted by atomic mass is 32.2. The topological polar surface area (TPSA) is 99.1 Å². The lowest BCUT2D eigenvalue weighted by molar-refractivity contribution is 0.416. The maximum Gasteiger partial charge on any atom is 0.260 e. The molecule has 2 aromatic rings. The minimum atomic E-state index is -3.03. The SMILES string of the molecule is Nc1ccc(F)c(-c2nc(C3CCS(=O)(=O)C3)no2)c1. The van der Waals surface area contributed by atoms with Crippen molar-refractivity contribution in [2.75, 3.05) is 17.2 Å². The molecule has 2 N–H and O–H groups in total. The fourth-order valence-corrected chi connectivity index (χ4v) is 3.95. The smallest absolute Gasteiger partial charge is 0.260 e. The van der Waals surface area contributed by atoms with E-state index in [2.05, 4.69) is 10.1 Å². The summed E-state index contributed by atoms with van der Waals surface area (Å²) in [7, 11) is -3.03. The fraction of sp³-hybridized carbons (Fsp3) is 0.333. The van der Waals surface area contributed by atoms with Crippen LogP contribution in [-0.2, 0) is 9.84 Å². The van der Waals surface area contributed by atoms with Crippen molar-refractivity contribution < 1.29 is 17.3 Å². The molecular formula is C12H12FN3O3S. The quantitative estimate of drug-likeness (QED) is 0.840. The molecule has 1 aliphatic heterocycles. The molecule has 20 heavy (non-hydrogen) atoms. The summed E-state index contributed by atoms with van der Waals surface area (Å²) in [5.74, 6) is -0.383. The van der Waals surface area contributed by atoms with E-state index in [1.807, 2.05) is 0 Å². The molecule has 0 saturated carbocycles. The van der Waals surface area contributed by atoms with Crippen LogP contribution in [0, 0.1) is 5.82 Å². The summed E-state index contributed by atoms with van der Waals surface area (Å²) in [6, 6.07) is 4.05. The first kappa shape index (κ1) is 13.0. The second-order valence-corrected chi connectivity index (χ2v) is 7.03. The van der Waals surface area contributed by atoms with Gasteiger partial charge in [-0.2, -0.15) is 4.98 Å². The van der Waals surface area contributed by atoms with Crippen LogP contribution in [-0.4, -0.2) is 30.1 Å². The Balaban J connectivity index is 1.93. The molecule has 1 aliphatic rings. The van der Waals surface area contributed by atoms with Gasteiger partial charge in [-0.15, -0.1) is 0 Å². The van der Waals surface area contributed by atoms with E-state index >= 15 is 0 Å². The van der Waals surface area contributed by atoms with Gasteiger partial charge in [0.05, 0.1) is 17.1 Å². The van der Waals surface area contributed by atoms with Gasteiger partial charge in [-0.25, -0.2) is 12.8 Å². The van der Waals surface area contributed by atoms with Gasteiger partial charge in [0.2, 0.25) is 0 Å². The van der Waals surface area contributed by atoms with Crippen molar-refractivity contribution in [3.8, 4) is 11.5 Å². The molecule has 1 saturated heterocycles. The van der Waals surface area contributed by atoms with Crippen LogP contribution in [0.1, 0.15) is 18.2 Å². The summed E-state index contributed by atoms with van der Waals surface area (Å²) in [6.07, 6.45) is 0.459. The first-order chi connectivity index (χ1) is 9.44. The molecule has 0 amide bonds. The molecule has 2 heterocycles. The average molecular weight is 297 g/mol. The zero-order valence-corrected chi connectivity index (χ0v) is 11.2. The van der Waals surface area contributed by atoms with E-state index in [0.717, 1.165) is 0 Å². The van der Waals surface area contributed by atoms with Crippen molar-refractivity contribution in [3.63, 3.8) is 0 Å². The Kier molecular flexibility index (Phi) is 2.97. The maximum atomic E-state index is 13.7. The standard InChI is InChI=1S/C12H12FN3O3S/c13-10-2-1-8(14)5-9(10)12-15-11(16-19-12)7-3-4-20(17,18)6-7/h1-2,5,7H,3-4,6,14H2. The van der Waals surface area contributed by atoms with Gasteiger partial charge in [0.15, 0.2) is 15.7 Å². The average Bonchev–Trinajstić information content (AvgIpc) is 2.98. The second kappa shape index (κ2) is 4.55. The lowest BCUT2D eigenvalue weighted by Crippen LogP contribution is -2.05. The van der Waals surface area contributed by atoms with E-state index in [1.54, 1.807) is 0 Å². The van der Waals surface area contributed by atoms with Gasteiger partial charge in [0.25, 0.3) is 5.89 Å². The number of aromatic nitrogens is 2. The van der Waals surface area contributed by atoms with Crippen LogP contribution >= 0.6 is 0 Å². The Morgan fingerprint density at radius 3 is 2.90 bits per heavy atom. The maximum absolute atomic E-state index is 13.7. The van der Waals surface area contributed by atoms with Crippen molar-refractivity contribution >= 4 is 15.5 Å². The second-order valence-electron chi connectivity index (χ2n) is 4.80. The Labute approximate surface area is 114 Å². The molecule has 0 aliphatic carbocycles. The van der Waals surface area contributed by atoms with Gasteiger partial charge in [-0.3, -0.25) is 0 Å². The summed E-state index contributed by atoms with van der Waals surface area (Å²) in [4.78, 5) is 4.09. The molecule has 1 fully saturated rings. The summed E-state index contributed by atoms with van der Waals surface area (Å²) >= 11 is 0. The van der Waals surface area contributed by atoms with Crippen molar-refractivity contribution in [1.29, 1.82) is 0 Å². The predicted octanol–water partition coefficient (Wildman–Crippen LogP) is 1.36. The van der Waals surface area contributed by atoms with Crippen LogP contribution in [0.2, 0.25) is 0 Å². The first-order valence-corrected chi connectivity index (χ1v) is 7.86. The van der Waals surface area contributed by atoms with Crippen molar-refractivity contribution in [2.24, 2.45) is 0 Å². The summed E-state index contributed by atoms with van der Waals surface area (Å²) in [5, 5.41) is 3.75. The van der Waals surface area contributed by atoms with Gasteiger partial charge in [-0.1, -0.05) is 5.16 Å². The molecule has 0 bridgehead atoms. The molecule has 1 aromatic carbocycles. The van der Waals surface area contributed by atoms with Crippen molar-refractivity contribution in [1.82, 2.24) is 10.1 Å². The largest absolute Gasteiger partial charge is 0.399 e. The first-order valence-electron chi connectivity index (χ1n) is 6.04. The molecule has 1 unspecified atom stereocenters. The minimum absolute atomic E-state index is 0.00534. The Hall–Kier alpha value is -1.96. The molecule has 106 valence electrons. The lowest BCUT2D eigenvalue weighted by Gasteiger charge is -1.99. The number of anilines is 1. The lowest BCUT2D eigenvalue weighted by atomic mass is 10.1. The zero-order valence-electron chi connectivity index (χ0n) is 10.4. The summed E-state index contributed by atoms with van der Waals surface area (Å²) < 4.78 is 41.6. The minimum Gasteiger partial charge on any atom is -0.399 e. The Morgan fingerprint density at radius 1 is 1.40 bits per heavy atom. The molecule has 3 rings (SSSR count). The van der Waals surface area contributed by atoms with Gasteiger partial charge >= 0.3 is 0 Å². The molecule has 6 nitrogen and oxygen atoms in total. The van der Waals surface area contributed by atoms with E-state index < -0.39 is 15.7 Å². The normalized spacial score (nSPS) is 21.1. The number of nitrogen functional groups attached to an aromatic ring is 1. The highest BCUT2D eigenvalue weighted by Gasteiger charge is 2.32.